The van der Waals surface area contributed by atoms with Crippen LogP contribution in [-0.2, 0) is 5.54 Å². The molecule has 96 valence electrons. The highest BCUT2D eigenvalue weighted by Gasteiger charge is 2.34. The molecule has 0 spiro atoms. The molecule has 1 aliphatic heterocycles. The Bertz CT molecular complexity index is 545. The van der Waals surface area contributed by atoms with Gasteiger partial charge in [0.2, 0.25) is 11.7 Å². The minimum Gasteiger partial charge on any atom is -0.337 e. The topological polar surface area (TPSA) is 51.0 Å². The number of piperidine rings is 1. The van der Waals surface area contributed by atoms with Crippen molar-refractivity contribution in [1.82, 2.24) is 15.5 Å². The minimum atomic E-state index is -0.169. The highest BCUT2D eigenvalue weighted by molar-refractivity contribution is 9.10. The Balaban J connectivity index is 1.89. The van der Waals surface area contributed by atoms with Crippen molar-refractivity contribution >= 4 is 27.3 Å². The van der Waals surface area contributed by atoms with Crippen molar-refractivity contribution in [2.75, 3.05) is 6.54 Å². The molecule has 1 N–H and O–H groups in total. The van der Waals surface area contributed by atoms with Gasteiger partial charge in [-0.05, 0) is 54.7 Å². The Labute approximate surface area is 118 Å². The van der Waals surface area contributed by atoms with E-state index in [0.29, 0.717) is 11.7 Å². The molecule has 0 aliphatic carbocycles. The van der Waals surface area contributed by atoms with Gasteiger partial charge in [0.25, 0.3) is 0 Å². The maximum Gasteiger partial charge on any atom is 0.246 e. The largest absolute Gasteiger partial charge is 0.337 e. The van der Waals surface area contributed by atoms with Gasteiger partial charge >= 0.3 is 0 Å². The zero-order valence-electron chi connectivity index (χ0n) is 10.1. The van der Waals surface area contributed by atoms with E-state index >= 15 is 0 Å². The highest BCUT2D eigenvalue weighted by atomic mass is 79.9. The van der Waals surface area contributed by atoms with E-state index in [1.165, 1.54) is 12.8 Å². The van der Waals surface area contributed by atoms with Gasteiger partial charge in [0.05, 0.1) is 10.4 Å². The summed E-state index contributed by atoms with van der Waals surface area (Å²) in [6, 6.07) is 2.01. The average molecular weight is 328 g/mol. The second-order valence-corrected chi connectivity index (χ2v) is 6.60. The Hall–Kier alpha value is -0.720. The quantitative estimate of drug-likeness (QED) is 0.916. The van der Waals surface area contributed by atoms with Crippen LogP contribution in [0.15, 0.2) is 20.4 Å². The Morgan fingerprint density at radius 3 is 3.06 bits per heavy atom. The predicted octanol–water partition coefficient (Wildman–Crippen LogP) is 3.55. The summed E-state index contributed by atoms with van der Waals surface area (Å²) >= 11 is 5.04. The first-order chi connectivity index (χ1) is 8.67. The van der Waals surface area contributed by atoms with E-state index in [9.17, 15) is 0 Å². The molecule has 1 fully saturated rings. The van der Waals surface area contributed by atoms with Crippen LogP contribution in [0.5, 0.6) is 0 Å². The maximum absolute atomic E-state index is 5.44. The Morgan fingerprint density at radius 2 is 2.39 bits per heavy atom. The first kappa shape index (κ1) is 12.3. The molecular weight excluding hydrogens is 314 g/mol. The molecule has 0 saturated carbocycles. The van der Waals surface area contributed by atoms with Crippen molar-refractivity contribution in [2.24, 2.45) is 0 Å². The zero-order chi connectivity index (χ0) is 12.6. The number of hydrogen-bond donors (Lipinski definition) is 1. The lowest BCUT2D eigenvalue weighted by atomic mass is 9.91. The summed E-state index contributed by atoms with van der Waals surface area (Å²) in [6.07, 6.45) is 3.46. The second-order valence-electron chi connectivity index (χ2n) is 4.77. The first-order valence-electron chi connectivity index (χ1n) is 6.01. The monoisotopic (exact) mass is 327 g/mol. The second kappa shape index (κ2) is 4.75. The van der Waals surface area contributed by atoms with E-state index in [1.807, 2.05) is 11.4 Å². The van der Waals surface area contributed by atoms with Crippen LogP contribution in [0.3, 0.4) is 0 Å². The van der Waals surface area contributed by atoms with E-state index < -0.39 is 0 Å². The fraction of sp³-hybridized carbons (Fsp3) is 0.500. The third-order valence-corrected chi connectivity index (χ3v) is 4.99. The van der Waals surface area contributed by atoms with Gasteiger partial charge in [-0.15, -0.1) is 11.3 Å². The van der Waals surface area contributed by atoms with Crippen LogP contribution in [0.4, 0.5) is 0 Å². The number of hydrogen-bond acceptors (Lipinski definition) is 5. The van der Waals surface area contributed by atoms with Crippen molar-refractivity contribution < 1.29 is 4.52 Å². The molecule has 2 aromatic heterocycles. The molecule has 6 heteroatoms. The number of halogens is 1. The van der Waals surface area contributed by atoms with Gasteiger partial charge in [-0.3, -0.25) is 0 Å². The average Bonchev–Trinajstić information content (AvgIpc) is 2.98. The smallest absolute Gasteiger partial charge is 0.246 e. The van der Waals surface area contributed by atoms with Gasteiger partial charge in [0.1, 0.15) is 0 Å². The fourth-order valence-corrected chi connectivity index (χ4v) is 3.57. The lowest BCUT2D eigenvalue weighted by Gasteiger charge is -2.31. The SMILES string of the molecule is CC1(c2nc(-c3cc(Br)cs3)no2)CCCCN1. The van der Waals surface area contributed by atoms with Crippen molar-refractivity contribution in [3.63, 3.8) is 0 Å². The highest BCUT2D eigenvalue weighted by Crippen LogP contribution is 2.32. The molecule has 1 unspecified atom stereocenters. The predicted molar refractivity (Wildman–Crippen MR) is 74.5 cm³/mol. The van der Waals surface area contributed by atoms with Crippen molar-refractivity contribution in [3.05, 3.63) is 21.8 Å². The molecule has 0 aromatic carbocycles. The molecule has 3 heterocycles. The number of rotatable bonds is 2. The summed E-state index contributed by atoms with van der Waals surface area (Å²) in [6.45, 7) is 3.15. The van der Waals surface area contributed by atoms with E-state index in [1.54, 1.807) is 11.3 Å². The number of nitrogens with one attached hydrogen (secondary N) is 1. The molecule has 1 saturated heterocycles. The molecular formula is C12H14BrN3OS. The molecule has 18 heavy (non-hydrogen) atoms. The van der Waals surface area contributed by atoms with Crippen molar-refractivity contribution in [1.29, 1.82) is 0 Å². The van der Waals surface area contributed by atoms with Crippen LogP contribution >= 0.6 is 27.3 Å². The van der Waals surface area contributed by atoms with Gasteiger partial charge in [-0.2, -0.15) is 4.98 Å². The first-order valence-corrected chi connectivity index (χ1v) is 7.68. The summed E-state index contributed by atoms with van der Waals surface area (Å²) in [5.41, 5.74) is -0.169. The summed E-state index contributed by atoms with van der Waals surface area (Å²) in [7, 11) is 0. The van der Waals surface area contributed by atoms with Gasteiger partial charge < -0.3 is 9.84 Å². The van der Waals surface area contributed by atoms with Gasteiger partial charge in [0, 0.05) is 9.85 Å². The Morgan fingerprint density at radius 1 is 1.50 bits per heavy atom. The molecule has 1 atom stereocenters. The van der Waals surface area contributed by atoms with Crippen molar-refractivity contribution in [2.45, 2.75) is 31.7 Å². The van der Waals surface area contributed by atoms with Crippen LogP contribution in [0.2, 0.25) is 0 Å². The minimum absolute atomic E-state index is 0.169. The van der Waals surface area contributed by atoms with Crippen LogP contribution in [0, 0.1) is 0 Å². The van der Waals surface area contributed by atoms with E-state index in [0.717, 1.165) is 22.3 Å². The summed E-state index contributed by atoms with van der Waals surface area (Å²) in [4.78, 5) is 5.56. The van der Waals surface area contributed by atoms with Crippen LogP contribution in [0.1, 0.15) is 32.1 Å². The lowest BCUT2D eigenvalue weighted by molar-refractivity contribution is 0.207. The standard InChI is InChI=1S/C12H14BrN3OS/c1-12(4-2-3-5-14-12)11-15-10(16-17-11)9-6-8(13)7-18-9/h6-7,14H,2-5H2,1H3. The molecule has 1 aliphatic rings. The zero-order valence-corrected chi connectivity index (χ0v) is 12.5. The summed E-state index contributed by atoms with van der Waals surface area (Å²) < 4.78 is 6.49. The van der Waals surface area contributed by atoms with Crippen LogP contribution in [-0.4, -0.2) is 16.7 Å². The number of thiophene rings is 1. The molecule has 0 amide bonds. The molecule has 3 rings (SSSR count). The number of aromatic nitrogens is 2. The van der Waals surface area contributed by atoms with Gasteiger partial charge in [-0.1, -0.05) is 5.16 Å². The Kier molecular flexibility index (Phi) is 3.25. The van der Waals surface area contributed by atoms with Crippen LogP contribution < -0.4 is 5.32 Å². The normalized spacial score (nSPS) is 24.3. The van der Waals surface area contributed by atoms with E-state index in [-0.39, 0.29) is 5.54 Å². The van der Waals surface area contributed by atoms with E-state index in [4.69, 9.17) is 4.52 Å². The lowest BCUT2D eigenvalue weighted by Crippen LogP contribution is -2.43. The van der Waals surface area contributed by atoms with Gasteiger partial charge in [0.15, 0.2) is 0 Å². The molecule has 0 radical (unpaired) electrons. The maximum atomic E-state index is 5.44. The summed E-state index contributed by atoms with van der Waals surface area (Å²) in [5, 5.41) is 9.58. The fourth-order valence-electron chi connectivity index (χ4n) is 2.22. The third kappa shape index (κ3) is 2.24. The van der Waals surface area contributed by atoms with Crippen LogP contribution in [0.25, 0.3) is 10.7 Å². The summed E-state index contributed by atoms with van der Waals surface area (Å²) in [5.74, 6) is 1.37. The van der Waals surface area contributed by atoms with Crippen molar-refractivity contribution in [3.8, 4) is 10.7 Å². The molecule has 4 nitrogen and oxygen atoms in total. The third-order valence-electron chi connectivity index (χ3n) is 3.30. The molecule has 2 aromatic rings. The number of nitrogens with zero attached hydrogens (tertiary/aromatic N) is 2. The van der Waals surface area contributed by atoms with Gasteiger partial charge in [-0.25, -0.2) is 0 Å². The molecule has 0 bridgehead atoms. The van der Waals surface area contributed by atoms with E-state index in [2.05, 4.69) is 38.3 Å².